The largest absolute Gasteiger partial charge is 0.491 e. The van der Waals surface area contributed by atoms with Crippen molar-refractivity contribution in [2.75, 3.05) is 6.61 Å². The Balaban J connectivity index is 2.24. The summed E-state index contributed by atoms with van der Waals surface area (Å²) in [6.45, 7) is 7.96. The average molecular weight is 502 g/mol. The number of benzene rings is 1. The molecular weight excluding hydrogens is 470 g/mol. The molecule has 2 rings (SSSR count). The third kappa shape index (κ3) is 8.53. The second-order valence-electron chi connectivity index (χ2n) is 9.50. The van der Waals surface area contributed by atoms with Gasteiger partial charge < -0.3 is 25.2 Å². The predicted molar refractivity (Wildman–Crippen MR) is 126 cm³/mol. The van der Waals surface area contributed by atoms with Crippen molar-refractivity contribution in [1.29, 1.82) is 5.26 Å². The van der Waals surface area contributed by atoms with Crippen molar-refractivity contribution in [2.45, 2.75) is 70.7 Å². The Labute approximate surface area is 208 Å². The molecule has 13 nitrogen and oxygen atoms in total. The van der Waals surface area contributed by atoms with Crippen molar-refractivity contribution < 1.29 is 29.0 Å². The van der Waals surface area contributed by atoms with Gasteiger partial charge in [-0.25, -0.2) is 9.48 Å². The molecule has 1 heterocycles. The predicted octanol–water partition coefficient (Wildman–Crippen LogP) is 2.14. The van der Waals surface area contributed by atoms with E-state index in [-0.39, 0.29) is 18.9 Å². The molecule has 3 N–H and O–H groups in total. The number of nitrogens with one attached hydrogen (secondary N) is 2. The van der Waals surface area contributed by atoms with Crippen molar-refractivity contribution in [3.8, 4) is 11.8 Å². The quantitative estimate of drug-likeness (QED) is 0.412. The standard InChI is InChI=1S/C23H31N7O6/c1-22(2,3)36-21(34)26-23(4,5)20(33)25-17(13-18(31)32)19-27-28-29-30(19)15(11-12-24)14-35-16-9-7-6-8-10-16/h6-10,15,17H,11,13-14H2,1-5H3,(H,25,33)(H,26,34)(H,31,32)/t15?,17-/m1/s1. The minimum atomic E-state index is -1.46. The highest BCUT2D eigenvalue weighted by atomic mass is 16.6. The lowest BCUT2D eigenvalue weighted by molar-refractivity contribution is -0.138. The van der Waals surface area contributed by atoms with E-state index in [4.69, 9.17) is 9.47 Å². The van der Waals surface area contributed by atoms with E-state index in [0.717, 1.165) is 0 Å². The minimum Gasteiger partial charge on any atom is -0.491 e. The van der Waals surface area contributed by atoms with Crippen LogP contribution in [-0.2, 0) is 14.3 Å². The number of tetrazole rings is 1. The van der Waals surface area contributed by atoms with Gasteiger partial charge in [0.1, 0.15) is 35.6 Å². The number of para-hydroxylation sites is 1. The first-order valence-corrected chi connectivity index (χ1v) is 11.2. The lowest BCUT2D eigenvalue weighted by atomic mass is 10.0. The molecule has 0 saturated carbocycles. The summed E-state index contributed by atoms with van der Waals surface area (Å²) in [7, 11) is 0. The summed E-state index contributed by atoms with van der Waals surface area (Å²) in [5.74, 6) is -1.31. The zero-order valence-electron chi connectivity index (χ0n) is 20.9. The van der Waals surface area contributed by atoms with E-state index in [2.05, 4.69) is 26.2 Å². The summed E-state index contributed by atoms with van der Waals surface area (Å²) in [5, 5.41) is 35.3. The Hall–Kier alpha value is -4.21. The van der Waals surface area contributed by atoms with E-state index in [1.807, 2.05) is 12.1 Å². The number of carboxylic acids is 1. The molecule has 2 aromatic rings. The van der Waals surface area contributed by atoms with Crippen LogP contribution in [0.4, 0.5) is 4.79 Å². The number of aliphatic carboxylic acids is 1. The number of carbonyl (C=O) groups excluding carboxylic acids is 2. The third-order valence-corrected chi connectivity index (χ3v) is 4.75. The molecule has 0 radical (unpaired) electrons. The summed E-state index contributed by atoms with van der Waals surface area (Å²) in [6, 6.07) is 9.13. The van der Waals surface area contributed by atoms with Gasteiger partial charge in [-0.2, -0.15) is 5.26 Å². The molecule has 1 aromatic carbocycles. The number of carboxylic acid groups (broad SMARTS) is 1. The monoisotopic (exact) mass is 501 g/mol. The summed E-state index contributed by atoms with van der Waals surface area (Å²) >= 11 is 0. The fourth-order valence-electron chi connectivity index (χ4n) is 3.06. The second-order valence-corrected chi connectivity index (χ2v) is 9.50. The molecule has 2 amide bonds. The van der Waals surface area contributed by atoms with Gasteiger partial charge in [0.05, 0.1) is 18.9 Å². The fourth-order valence-corrected chi connectivity index (χ4v) is 3.06. The first-order valence-electron chi connectivity index (χ1n) is 11.2. The zero-order chi connectivity index (χ0) is 26.9. The average Bonchev–Trinajstić information content (AvgIpc) is 3.24. The van der Waals surface area contributed by atoms with E-state index >= 15 is 0 Å². The van der Waals surface area contributed by atoms with Crippen molar-refractivity contribution in [3.63, 3.8) is 0 Å². The molecule has 1 aromatic heterocycles. The summed E-state index contributed by atoms with van der Waals surface area (Å²) < 4.78 is 12.2. The second kappa shape index (κ2) is 12.0. The highest BCUT2D eigenvalue weighted by Gasteiger charge is 2.35. The van der Waals surface area contributed by atoms with Crippen LogP contribution in [0.1, 0.15) is 65.4 Å². The molecule has 0 aliphatic heterocycles. The van der Waals surface area contributed by atoms with Crippen molar-refractivity contribution in [2.24, 2.45) is 0 Å². The zero-order valence-corrected chi connectivity index (χ0v) is 20.9. The topological polar surface area (TPSA) is 181 Å². The van der Waals surface area contributed by atoms with Gasteiger partial charge >= 0.3 is 12.1 Å². The van der Waals surface area contributed by atoms with Gasteiger partial charge in [0.15, 0.2) is 5.82 Å². The lowest BCUT2D eigenvalue weighted by Crippen LogP contribution is -2.56. The molecule has 36 heavy (non-hydrogen) atoms. The number of nitriles is 1. The van der Waals surface area contributed by atoms with Gasteiger partial charge in [0.25, 0.3) is 0 Å². The number of carbonyl (C=O) groups is 3. The number of nitrogens with zero attached hydrogens (tertiary/aromatic N) is 5. The van der Waals surface area contributed by atoms with Gasteiger partial charge in [-0.05, 0) is 57.2 Å². The number of ether oxygens (including phenoxy) is 2. The number of hydrogen-bond acceptors (Lipinski definition) is 9. The molecule has 0 aliphatic rings. The van der Waals surface area contributed by atoms with Gasteiger partial charge in [-0.15, -0.1) is 5.10 Å². The van der Waals surface area contributed by atoms with Crippen molar-refractivity contribution in [3.05, 3.63) is 36.2 Å². The van der Waals surface area contributed by atoms with Crippen LogP contribution in [0.3, 0.4) is 0 Å². The molecule has 0 spiro atoms. The maximum atomic E-state index is 13.0. The van der Waals surface area contributed by atoms with Crippen LogP contribution in [-0.4, -0.2) is 61.0 Å². The first kappa shape index (κ1) is 28.0. The van der Waals surface area contributed by atoms with Crippen LogP contribution >= 0.6 is 0 Å². The molecule has 0 saturated heterocycles. The SMILES string of the molecule is CC(C)(C)OC(=O)NC(C)(C)C(=O)N[C@H](CC(=O)O)c1nnnn1C(CC#N)COc1ccccc1. The maximum Gasteiger partial charge on any atom is 0.408 e. The third-order valence-electron chi connectivity index (χ3n) is 4.75. The van der Waals surface area contributed by atoms with E-state index in [1.165, 1.54) is 18.5 Å². The van der Waals surface area contributed by atoms with E-state index in [9.17, 15) is 24.8 Å². The summed E-state index contributed by atoms with van der Waals surface area (Å²) in [4.78, 5) is 36.8. The van der Waals surface area contributed by atoms with Crippen LogP contribution in [0.15, 0.2) is 30.3 Å². The van der Waals surface area contributed by atoms with Crippen LogP contribution in [0.2, 0.25) is 0 Å². The lowest BCUT2D eigenvalue weighted by Gasteiger charge is -2.29. The fraction of sp³-hybridized carbons (Fsp3) is 0.522. The number of rotatable bonds is 11. The molecule has 194 valence electrons. The Kier molecular flexibility index (Phi) is 9.32. The number of aromatic nitrogens is 4. The normalized spacial score (nSPS) is 13.1. The van der Waals surface area contributed by atoms with Crippen LogP contribution in [0.5, 0.6) is 5.75 Å². The summed E-state index contributed by atoms with van der Waals surface area (Å²) in [5.41, 5.74) is -2.23. The van der Waals surface area contributed by atoms with Gasteiger partial charge in [0, 0.05) is 0 Å². The van der Waals surface area contributed by atoms with Crippen molar-refractivity contribution >= 4 is 18.0 Å². The summed E-state index contributed by atoms with van der Waals surface area (Å²) in [6.07, 6.45) is -1.40. The highest BCUT2D eigenvalue weighted by Crippen LogP contribution is 2.22. The molecule has 2 atom stereocenters. The van der Waals surface area contributed by atoms with Gasteiger partial charge in [-0.1, -0.05) is 18.2 Å². The molecular formula is C23H31N7O6. The van der Waals surface area contributed by atoms with Crippen molar-refractivity contribution in [1.82, 2.24) is 30.8 Å². The Morgan fingerprint density at radius 1 is 1.17 bits per heavy atom. The Morgan fingerprint density at radius 2 is 1.83 bits per heavy atom. The van der Waals surface area contributed by atoms with E-state index in [0.29, 0.717) is 5.75 Å². The minimum absolute atomic E-state index is 0.0229. The molecule has 0 bridgehead atoms. The molecule has 0 fully saturated rings. The van der Waals surface area contributed by atoms with E-state index < -0.39 is 47.6 Å². The number of alkyl carbamates (subject to hydrolysis) is 1. The Bertz CT molecular complexity index is 1090. The Morgan fingerprint density at radius 3 is 2.42 bits per heavy atom. The smallest absolute Gasteiger partial charge is 0.408 e. The van der Waals surface area contributed by atoms with E-state index in [1.54, 1.807) is 45.0 Å². The highest BCUT2D eigenvalue weighted by molar-refractivity contribution is 5.89. The van der Waals surface area contributed by atoms with Crippen LogP contribution < -0.4 is 15.4 Å². The maximum absolute atomic E-state index is 13.0. The molecule has 0 aliphatic carbocycles. The van der Waals surface area contributed by atoms with Crippen LogP contribution in [0, 0.1) is 11.3 Å². The molecule has 1 unspecified atom stereocenters. The van der Waals surface area contributed by atoms with Gasteiger partial charge in [0.2, 0.25) is 5.91 Å². The number of amides is 2. The first-order chi connectivity index (χ1) is 16.8. The molecule has 13 heteroatoms. The van der Waals surface area contributed by atoms with Crippen LogP contribution in [0.25, 0.3) is 0 Å². The number of hydrogen-bond donors (Lipinski definition) is 3. The van der Waals surface area contributed by atoms with Gasteiger partial charge in [-0.3, -0.25) is 9.59 Å².